The van der Waals surface area contributed by atoms with Gasteiger partial charge in [0.25, 0.3) is 5.91 Å². The van der Waals surface area contributed by atoms with E-state index in [0.29, 0.717) is 32.9 Å². The van der Waals surface area contributed by atoms with Crippen molar-refractivity contribution in [2.75, 3.05) is 5.32 Å². The molecule has 0 fully saturated rings. The molecule has 4 rings (SSSR count). The fraction of sp³-hybridized carbons (Fsp3) is 0. The zero-order valence-corrected chi connectivity index (χ0v) is 13.4. The second-order valence-electron chi connectivity index (χ2n) is 5.23. The van der Waals surface area contributed by atoms with E-state index >= 15 is 0 Å². The molecule has 1 amide bonds. The van der Waals surface area contributed by atoms with Crippen LogP contribution in [-0.4, -0.2) is 26.1 Å². The zero-order valence-electron chi connectivity index (χ0n) is 12.5. The van der Waals surface area contributed by atoms with Gasteiger partial charge in [-0.1, -0.05) is 6.07 Å². The fourth-order valence-corrected chi connectivity index (χ4v) is 2.73. The van der Waals surface area contributed by atoms with Gasteiger partial charge < -0.3 is 19.7 Å². The van der Waals surface area contributed by atoms with Crippen molar-refractivity contribution in [3.8, 4) is 11.5 Å². The van der Waals surface area contributed by atoms with E-state index in [1.54, 1.807) is 24.3 Å². The number of benzene rings is 2. The SMILES string of the molecule is O=C(Nc1cccc(-c2nnco2)c1)c1cc(F)cc2[nH]c(=S)[nH]c12. The van der Waals surface area contributed by atoms with Crippen LogP contribution in [0.3, 0.4) is 0 Å². The molecule has 9 heteroatoms. The maximum absolute atomic E-state index is 13.8. The van der Waals surface area contributed by atoms with Crippen molar-refractivity contribution >= 4 is 34.8 Å². The molecule has 0 atom stereocenters. The molecule has 0 unspecified atom stereocenters. The Hall–Kier alpha value is -3.33. The lowest BCUT2D eigenvalue weighted by atomic mass is 10.1. The van der Waals surface area contributed by atoms with Gasteiger partial charge in [0, 0.05) is 11.3 Å². The number of hydrogen-bond acceptors (Lipinski definition) is 5. The highest BCUT2D eigenvalue weighted by molar-refractivity contribution is 7.71. The van der Waals surface area contributed by atoms with Gasteiger partial charge in [0.05, 0.1) is 16.6 Å². The van der Waals surface area contributed by atoms with E-state index in [4.69, 9.17) is 16.6 Å². The summed E-state index contributed by atoms with van der Waals surface area (Å²) in [5, 5.41) is 10.2. The number of rotatable bonds is 3. The number of aromatic nitrogens is 4. The molecular weight excluding hydrogens is 345 g/mol. The van der Waals surface area contributed by atoms with E-state index in [2.05, 4.69) is 25.5 Å². The summed E-state index contributed by atoms with van der Waals surface area (Å²) in [5.41, 5.74) is 2.17. The summed E-state index contributed by atoms with van der Waals surface area (Å²) in [6.45, 7) is 0. The Morgan fingerprint density at radius 3 is 2.92 bits per heavy atom. The van der Waals surface area contributed by atoms with Gasteiger partial charge in [-0.2, -0.15) is 0 Å². The molecule has 0 radical (unpaired) electrons. The number of aromatic amines is 2. The molecule has 7 nitrogen and oxygen atoms in total. The highest BCUT2D eigenvalue weighted by Gasteiger charge is 2.15. The van der Waals surface area contributed by atoms with Crippen LogP contribution < -0.4 is 5.32 Å². The number of hydrogen-bond donors (Lipinski definition) is 3. The van der Waals surface area contributed by atoms with Crippen LogP contribution in [0.1, 0.15) is 10.4 Å². The molecule has 4 aromatic rings. The lowest BCUT2D eigenvalue weighted by molar-refractivity contribution is 0.102. The molecule has 0 spiro atoms. The maximum atomic E-state index is 13.8. The Morgan fingerprint density at radius 1 is 1.24 bits per heavy atom. The van der Waals surface area contributed by atoms with Gasteiger partial charge in [0.1, 0.15) is 5.82 Å². The van der Waals surface area contributed by atoms with Crippen molar-refractivity contribution in [2.24, 2.45) is 0 Å². The quantitative estimate of drug-likeness (QED) is 0.487. The second kappa shape index (κ2) is 5.95. The van der Waals surface area contributed by atoms with E-state index in [9.17, 15) is 9.18 Å². The van der Waals surface area contributed by atoms with E-state index < -0.39 is 11.7 Å². The van der Waals surface area contributed by atoms with E-state index in [1.165, 1.54) is 12.5 Å². The first-order chi connectivity index (χ1) is 12.1. The highest BCUT2D eigenvalue weighted by atomic mass is 32.1. The molecule has 0 saturated carbocycles. The van der Waals surface area contributed by atoms with Crippen molar-refractivity contribution < 1.29 is 13.6 Å². The van der Waals surface area contributed by atoms with E-state index in [1.807, 2.05) is 0 Å². The third-order valence-corrected chi connectivity index (χ3v) is 3.77. The number of imidazole rings is 1. The zero-order chi connectivity index (χ0) is 17.4. The molecular formula is C16H10FN5O2S. The summed E-state index contributed by atoms with van der Waals surface area (Å²) in [5.74, 6) is -0.682. The third kappa shape index (κ3) is 2.92. The number of fused-ring (bicyclic) bond motifs is 1. The predicted molar refractivity (Wildman–Crippen MR) is 91.1 cm³/mol. The molecule has 0 saturated heterocycles. The van der Waals surface area contributed by atoms with Crippen LogP contribution in [0, 0.1) is 10.6 Å². The van der Waals surface area contributed by atoms with Crippen LogP contribution in [0.2, 0.25) is 0 Å². The van der Waals surface area contributed by atoms with Crippen LogP contribution in [0.4, 0.5) is 10.1 Å². The summed E-state index contributed by atoms with van der Waals surface area (Å²) in [6.07, 6.45) is 1.22. The number of nitrogens with one attached hydrogen (secondary N) is 3. The van der Waals surface area contributed by atoms with Gasteiger partial charge in [-0.25, -0.2) is 4.39 Å². The first kappa shape index (κ1) is 15.2. The third-order valence-electron chi connectivity index (χ3n) is 3.56. The van der Waals surface area contributed by atoms with Crippen molar-refractivity contribution in [3.63, 3.8) is 0 Å². The number of carbonyl (C=O) groups is 1. The number of nitrogens with zero attached hydrogens (tertiary/aromatic N) is 2. The number of carbonyl (C=O) groups excluding carboxylic acids is 1. The van der Waals surface area contributed by atoms with Gasteiger partial charge >= 0.3 is 0 Å². The fourth-order valence-electron chi connectivity index (χ4n) is 2.51. The molecule has 2 heterocycles. The Kier molecular flexibility index (Phi) is 3.62. The van der Waals surface area contributed by atoms with Gasteiger partial charge in [-0.3, -0.25) is 4.79 Å². The lowest BCUT2D eigenvalue weighted by Gasteiger charge is -2.07. The normalized spacial score (nSPS) is 10.9. The second-order valence-corrected chi connectivity index (χ2v) is 5.64. The number of anilines is 1. The lowest BCUT2D eigenvalue weighted by Crippen LogP contribution is -2.13. The largest absolute Gasteiger partial charge is 0.423 e. The Balaban J connectivity index is 1.69. The summed E-state index contributed by atoms with van der Waals surface area (Å²) < 4.78 is 19.2. The Labute approximate surface area is 144 Å². The first-order valence-electron chi connectivity index (χ1n) is 7.19. The molecule has 25 heavy (non-hydrogen) atoms. The topological polar surface area (TPSA) is 99.6 Å². The molecule has 0 aliphatic rings. The number of H-pyrrole nitrogens is 2. The van der Waals surface area contributed by atoms with Crippen LogP contribution in [0.15, 0.2) is 47.2 Å². The molecule has 124 valence electrons. The van der Waals surface area contributed by atoms with Crippen LogP contribution in [0.5, 0.6) is 0 Å². The van der Waals surface area contributed by atoms with Crippen molar-refractivity contribution in [1.82, 2.24) is 20.2 Å². The van der Waals surface area contributed by atoms with E-state index in [0.717, 1.165) is 6.07 Å². The summed E-state index contributed by atoms with van der Waals surface area (Å²) >= 11 is 5.01. The number of halogens is 1. The van der Waals surface area contributed by atoms with Gasteiger partial charge in [0.2, 0.25) is 12.3 Å². The minimum absolute atomic E-state index is 0.144. The number of amides is 1. The molecule has 0 aliphatic carbocycles. The predicted octanol–water partition coefficient (Wildman–Crippen LogP) is 3.67. The van der Waals surface area contributed by atoms with Gasteiger partial charge in [0.15, 0.2) is 4.77 Å². The molecule has 2 aromatic carbocycles. The Morgan fingerprint density at radius 2 is 2.12 bits per heavy atom. The van der Waals surface area contributed by atoms with Gasteiger partial charge in [-0.05, 0) is 42.5 Å². The minimum Gasteiger partial charge on any atom is -0.423 e. The maximum Gasteiger partial charge on any atom is 0.257 e. The monoisotopic (exact) mass is 355 g/mol. The van der Waals surface area contributed by atoms with Gasteiger partial charge in [-0.15, -0.1) is 10.2 Å². The van der Waals surface area contributed by atoms with Crippen molar-refractivity contribution in [3.05, 3.63) is 58.9 Å². The summed E-state index contributed by atoms with van der Waals surface area (Å²) in [6, 6.07) is 9.31. The molecule has 2 aromatic heterocycles. The van der Waals surface area contributed by atoms with E-state index in [-0.39, 0.29) is 5.56 Å². The molecule has 0 aliphatic heterocycles. The van der Waals surface area contributed by atoms with Crippen LogP contribution >= 0.6 is 12.2 Å². The smallest absolute Gasteiger partial charge is 0.257 e. The molecule has 0 bridgehead atoms. The first-order valence-corrected chi connectivity index (χ1v) is 7.60. The summed E-state index contributed by atoms with van der Waals surface area (Å²) in [7, 11) is 0. The van der Waals surface area contributed by atoms with Crippen molar-refractivity contribution in [1.29, 1.82) is 0 Å². The molecule has 3 N–H and O–H groups in total. The standard InChI is InChI=1S/C16H10FN5O2S/c17-9-5-11(13-12(6-9)20-16(25)21-13)14(23)19-10-3-1-2-8(4-10)15-22-18-7-24-15/h1-7H,(H,19,23)(H2,20,21,25). The van der Waals surface area contributed by atoms with Crippen LogP contribution in [-0.2, 0) is 0 Å². The highest BCUT2D eigenvalue weighted by Crippen LogP contribution is 2.23. The summed E-state index contributed by atoms with van der Waals surface area (Å²) in [4.78, 5) is 18.2. The Bertz CT molecular complexity index is 1130. The van der Waals surface area contributed by atoms with Crippen LogP contribution in [0.25, 0.3) is 22.5 Å². The van der Waals surface area contributed by atoms with Crippen molar-refractivity contribution in [2.45, 2.75) is 0 Å². The minimum atomic E-state index is -0.539. The average Bonchev–Trinajstić information content (AvgIpc) is 3.23. The average molecular weight is 355 g/mol.